The Bertz CT molecular complexity index is 94.9. The van der Waals surface area contributed by atoms with E-state index in [1.54, 1.807) is 6.92 Å². The van der Waals surface area contributed by atoms with Crippen molar-refractivity contribution in [1.29, 1.82) is 0 Å². The maximum atomic E-state index is 9.18. The second-order valence-corrected chi connectivity index (χ2v) is 6.65. The highest BCUT2D eigenvalue weighted by Gasteiger charge is 2.41. The third kappa shape index (κ3) is 2.06. The molecule has 0 saturated heterocycles. The molecule has 4 heteroatoms. The summed E-state index contributed by atoms with van der Waals surface area (Å²) in [6.45, 7) is 4.62. The first-order valence-electron chi connectivity index (χ1n) is 2.98. The summed E-state index contributed by atoms with van der Waals surface area (Å²) >= 11 is 0. The molecule has 3 nitrogen and oxygen atoms in total. The van der Waals surface area contributed by atoms with Gasteiger partial charge in [0.25, 0.3) is 0 Å². The van der Waals surface area contributed by atoms with E-state index in [-0.39, 0.29) is 6.42 Å². The standard InChI is InChI=1S/C5H14O3Si/c1-4-5(6,7)9(2,3)8/h6-8H,4H2,1-3H3. The highest BCUT2D eigenvalue weighted by Crippen LogP contribution is 2.17. The molecule has 0 aromatic carbocycles. The summed E-state index contributed by atoms with van der Waals surface area (Å²) in [7, 11) is -2.77. The zero-order valence-corrected chi connectivity index (χ0v) is 7.05. The molecule has 0 aliphatic heterocycles. The van der Waals surface area contributed by atoms with Gasteiger partial charge in [-0.15, -0.1) is 0 Å². The minimum Gasteiger partial charge on any atom is -0.427 e. The van der Waals surface area contributed by atoms with Gasteiger partial charge in [0, 0.05) is 0 Å². The molecule has 0 radical (unpaired) electrons. The molecule has 0 saturated carbocycles. The maximum absolute atomic E-state index is 9.18. The zero-order valence-electron chi connectivity index (χ0n) is 6.05. The maximum Gasteiger partial charge on any atom is 0.247 e. The molecule has 0 amide bonds. The van der Waals surface area contributed by atoms with Gasteiger partial charge < -0.3 is 15.0 Å². The lowest BCUT2D eigenvalue weighted by Gasteiger charge is -2.30. The van der Waals surface area contributed by atoms with E-state index in [9.17, 15) is 4.80 Å². The third-order valence-corrected chi connectivity index (χ3v) is 3.79. The van der Waals surface area contributed by atoms with Gasteiger partial charge in [0.15, 0.2) is 5.41 Å². The fraction of sp³-hybridized carbons (Fsp3) is 1.00. The van der Waals surface area contributed by atoms with Crippen molar-refractivity contribution in [1.82, 2.24) is 0 Å². The number of aliphatic hydroxyl groups is 2. The molecule has 0 heterocycles. The lowest BCUT2D eigenvalue weighted by Crippen LogP contribution is -2.54. The molecule has 0 unspecified atom stereocenters. The highest BCUT2D eigenvalue weighted by molar-refractivity contribution is 6.72. The second-order valence-electron chi connectivity index (χ2n) is 2.73. The van der Waals surface area contributed by atoms with Crippen molar-refractivity contribution in [2.45, 2.75) is 31.8 Å². The van der Waals surface area contributed by atoms with Crippen LogP contribution < -0.4 is 0 Å². The van der Waals surface area contributed by atoms with E-state index < -0.39 is 13.7 Å². The summed E-state index contributed by atoms with van der Waals surface area (Å²) in [5.74, 6) is 0. The molecule has 0 fully saturated rings. The lowest BCUT2D eigenvalue weighted by atomic mass is 10.5. The topological polar surface area (TPSA) is 60.7 Å². The Balaban J connectivity index is 4.14. The molecule has 0 aliphatic carbocycles. The highest BCUT2D eigenvalue weighted by atomic mass is 28.4. The summed E-state index contributed by atoms with van der Waals surface area (Å²) in [5, 5.41) is 18.1. The van der Waals surface area contributed by atoms with Crippen LogP contribution in [0.3, 0.4) is 0 Å². The molecule has 0 aromatic rings. The summed E-state index contributed by atoms with van der Waals surface area (Å²) in [6.07, 6.45) is 0.183. The Kier molecular flexibility index (Phi) is 2.40. The van der Waals surface area contributed by atoms with Gasteiger partial charge in [0.2, 0.25) is 8.32 Å². The number of hydrogen-bond acceptors (Lipinski definition) is 3. The van der Waals surface area contributed by atoms with Gasteiger partial charge in [-0.1, -0.05) is 6.92 Å². The van der Waals surface area contributed by atoms with Crippen LogP contribution in [0.1, 0.15) is 13.3 Å². The zero-order chi connectivity index (χ0) is 7.71. The Morgan fingerprint density at radius 3 is 1.67 bits per heavy atom. The molecule has 3 N–H and O–H groups in total. The second kappa shape index (κ2) is 2.38. The minimum absolute atomic E-state index is 0.183. The van der Waals surface area contributed by atoms with Crippen molar-refractivity contribution in [2.75, 3.05) is 0 Å². The van der Waals surface area contributed by atoms with Gasteiger partial charge >= 0.3 is 0 Å². The fourth-order valence-electron chi connectivity index (χ4n) is 0.433. The SMILES string of the molecule is CCC(O)(O)[Si](C)(C)O. The first-order valence-corrected chi connectivity index (χ1v) is 5.93. The molecular formula is C5H14O3Si. The van der Waals surface area contributed by atoms with E-state index >= 15 is 0 Å². The Morgan fingerprint density at radius 2 is 1.67 bits per heavy atom. The summed E-state index contributed by atoms with van der Waals surface area (Å²) in [5.41, 5.74) is -1.83. The van der Waals surface area contributed by atoms with Crippen molar-refractivity contribution in [3.8, 4) is 0 Å². The van der Waals surface area contributed by atoms with Crippen LogP contribution in [0.2, 0.25) is 13.1 Å². The smallest absolute Gasteiger partial charge is 0.247 e. The molecule has 0 aromatic heterocycles. The van der Waals surface area contributed by atoms with Crippen molar-refractivity contribution >= 4 is 8.32 Å². The van der Waals surface area contributed by atoms with Gasteiger partial charge in [-0.05, 0) is 19.5 Å². The average molecular weight is 150 g/mol. The van der Waals surface area contributed by atoms with E-state index in [2.05, 4.69) is 0 Å². The van der Waals surface area contributed by atoms with Crippen molar-refractivity contribution < 1.29 is 15.0 Å². The van der Waals surface area contributed by atoms with Gasteiger partial charge in [-0.2, -0.15) is 0 Å². The van der Waals surface area contributed by atoms with Gasteiger partial charge in [-0.3, -0.25) is 0 Å². The number of hydrogen-bond donors (Lipinski definition) is 3. The molecule has 56 valence electrons. The van der Waals surface area contributed by atoms with E-state index in [1.165, 1.54) is 13.1 Å². The third-order valence-electron chi connectivity index (χ3n) is 1.47. The van der Waals surface area contributed by atoms with Crippen LogP contribution in [-0.4, -0.2) is 28.7 Å². The summed E-state index contributed by atoms with van der Waals surface area (Å²) in [6, 6.07) is 0. The van der Waals surface area contributed by atoms with E-state index in [0.29, 0.717) is 0 Å². The predicted octanol–water partition coefficient (Wildman–Crippen LogP) is -0.186. The minimum atomic E-state index is -2.77. The monoisotopic (exact) mass is 150 g/mol. The molecule has 0 aliphatic rings. The molecule has 0 spiro atoms. The van der Waals surface area contributed by atoms with Gasteiger partial charge in [0.05, 0.1) is 0 Å². The average Bonchev–Trinajstić information content (AvgIpc) is 1.64. The molecule has 0 bridgehead atoms. The van der Waals surface area contributed by atoms with Crippen LogP contribution in [-0.2, 0) is 0 Å². The van der Waals surface area contributed by atoms with Gasteiger partial charge in [0.1, 0.15) is 0 Å². The number of rotatable bonds is 2. The first kappa shape index (κ1) is 9.10. The Labute approximate surface area is 56.1 Å². The van der Waals surface area contributed by atoms with Crippen LogP contribution in [0.25, 0.3) is 0 Å². The molecule has 0 atom stereocenters. The fourth-order valence-corrected chi connectivity index (χ4v) is 1.30. The van der Waals surface area contributed by atoms with E-state index in [0.717, 1.165) is 0 Å². The van der Waals surface area contributed by atoms with Crippen LogP contribution in [0.4, 0.5) is 0 Å². The quantitative estimate of drug-likeness (QED) is 0.378. The van der Waals surface area contributed by atoms with Crippen LogP contribution in [0.5, 0.6) is 0 Å². The Morgan fingerprint density at radius 1 is 1.33 bits per heavy atom. The van der Waals surface area contributed by atoms with Crippen molar-refractivity contribution in [3.63, 3.8) is 0 Å². The molecule has 0 rings (SSSR count). The van der Waals surface area contributed by atoms with Crippen LogP contribution >= 0.6 is 0 Å². The molecular weight excluding hydrogens is 136 g/mol. The largest absolute Gasteiger partial charge is 0.427 e. The van der Waals surface area contributed by atoms with Crippen LogP contribution in [0.15, 0.2) is 0 Å². The van der Waals surface area contributed by atoms with Crippen LogP contribution in [0, 0.1) is 0 Å². The first-order chi connectivity index (χ1) is 3.81. The van der Waals surface area contributed by atoms with Gasteiger partial charge in [-0.25, -0.2) is 0 Å². The predicted molar refractivity (Wildman–Crippen MR) is 37.2 cm³/mol. The van der Waals surface area contributed by atoms with Crippen molar-refractivity contribution in [3.05, 3.63) is 0 Å². The van der Waals surface area contributed by atoms with E-state index in [1.807, 2.05) is 0 Å². The normalized spacial score (nSPS) is 14.0. The lowest BCUT2D eigenvalue weighted by molar-refractivity contribution is -0.107. The molecule has 9 heavy (non-hydrogen) atoms. The Hall–Kier alpha value is 0.0969. The summed E-state index contributed by atoms with van der Waals surface area (Å²) in [4.78, 5) is 9.18. The van der Waals surface area contributed by atoms with E-state index in [4.69, 9.17) is 10.2 Å². The summed E-state index contributed by atoms with van der Waals surface area (Å²) < 4.78 is 0. The van der Waals surface area contributed by atoms with Crippen molar-refractivity contribution in [2.24, 2.45) is 0 Å².